The maximum absolute atomic E-state index is 11.7. The molecule has 0 fully saturated rings. The number of carbonyl (C=O) groups excluding carboxylic acids is 1. The molecule has 0 bridgehead atoms. The number of aromatic nitrogens is 3. The first-order valence-corrected chi connectivity index (χ1v) is 9.93. The lowest BCUT2D eigenvalue weighted by Crippen LogP contribution is -2.33. The number of nitrogens with zero attached hydrogens (tertiary/aromatic N) is 4. The molecule has 0 radical (unpaired) electrons. The average molecular weight is 418 g/mol. The largest absolute Gasteiger partial charge is 0.444 e. The predicted octanol–water partition coefficient (Wildman–Crippen LogP) is 3.89. The highest BCUT2D eigenvalue weighted by Gasteiger charge is 2.22. The highest BCUT2D eigenvalue weighted by atomic mass is 16.6. The first-order chi connectivity index (χ1) is 14.1. The number of rotatable bonds is 9. The minimum absolute atomic E-state index is 0.00561. The van der Waals surface area contributed by atoms with E-state index in [1.165, 1.54) is 12.4 Å². The van der Waals surface area contributed by atoms with E-state index in [4.69, 9.17) is 4.74 Å². The zero-order valence-corrected chi connectivity index (χ0v) is 18.1. The van der Waals surface area contributed by atoms with Gasteiger partial charge in [-0.15, -0.1) is 0 Å². The molecule has 0 aliphatic rings. The van der Waals surface area contributed by atoms with E-state index in [1.807, 2.05) is 27.7 Å². The van der Waals surface area contributed by atoms with E-state index >= 15 is 0 Å². The lowest BCUT2D eigenvalue weighted by atomic mass is 10.1. The Hall–Kier alpha value is -3.17. The number of amides is 1. The molecule has 0 saturated heterocycles. The monoisotopic (exact) mass is 418 g/mol. The summed E-state index contributed by atoms with van der Waals surface area (Å²) in [5.74, 6) is 0.551. The molecule has 0 spiro atoms. The summed E-state index contributed by atoms with van der Waals surface area (Å²) < 4.78 is 6.78. The smallest absolute Gasteiger partial charge is 0.407 e. The van der Waals surface area contributed by atoms with Crippen LogP contribution in [0, 0.1) is 10.1 Å². The average Bonchev–Trinajstić information content (AvgIpc) is 3.05. The van der Waals surface area contributed by atoms with Crippen LogP contribution in [0.3, 0.4) is 0 Å². The van der Waals surface area contributed by atoms with Gasteiger partial charge in [-0.05, 0) is 53.0 Å². The van der Waals surface area contributed by atoms with Crippen LogP contribution in [-0.2, 0) is 11.8 Å². The molecule has 1 aromatic carbocycles. The van der Waals surface area contributed by atoms with Crippen molar-refractivity contribution in [3.8, 4) is 11.4 Å². The number of para-hydroxylation sites is 1. The summed E-state index contributed by atoms with van der Waals surface area (Å²) in [6.45, 7) is 7.93. The van der Waals surface area contributed by atoms with Gasteiger partial charge in [-0.1, -0.05) is 6.07 Å². The Kier molecular flexibility index (Phi) is 7.73. The van der Waals surface area contributed by atoms with E-state index in [1.54, 1.807) is 23.9 Å². The SMILES string of the molecule is CC(CCCCNC(=O)OC(C)(C)C)Nc1c(-c2ncnn2C)cccc1[N+](=O)[O-]. The van der Waals surface area contributed by atoms with Gasteiger partial charge >= 0.3 is 6.09 Å². The van der Waals surface area contributed by atoms with Crippen LogP contribution in [-0.4, -0.2) is 44.0 Å². The molecule has 1 heterocycles. The third kappa shape index (κ3) is 6.71. The summed E-state index contributed by atoms with van der Waals surface area (Å²) in [4.78, 5) is 27.0. The Morgan fingerprint density at radius 1 is 1.33 bits per heavy atom. The van der Waals surface area contributed by atoms with Crippen LogP contribution in [0.1, 0.15) is 47.0 Å². The molecule has 164 valence electrons. The summed E-state index contributed by atoms with van der Waals surface area (Å²) in [7, 11) is 1.74. The number of hydrogen-bond donors (Lipinski definition) is 2. The van der Waals surface area contributed by atoms with Crippen LogP contribution < -0.4 is 10.6 Å². The van der Waals surface area contributed by atoms with Crippen molar-refractivity contribution in [1.29, 1.82) is 0 Å². The molecule has 1 unspecified atom stereocenters. The van der Waals surface area contributed by atoms with Crippen LogP contribution >= 0.6 is 0 Å². The second kappa shape index (κ2) is 10.0. The van der Waals surface area contributed by atoms with Crippen molar-refractivity contribution >= 4 is 17.5 Å². The molecule has 1 aromatic heterocycles. The molecular formula is C20H30N6O4. The van der Waals surface area contributed by atoms with Crippen molar-refractivity contribution < 1.29 is 14.5 Å². The number of hydrogen-bond acceptors (Lipinski definition) is 7. The van der Waals surface area contributed by atoms with E-state index in [2.05, 4.69) is 20.7 Å². The van der Waals surface area contributed by atoms with Crippen LogP contribution in [0.25, 0.3) is 11.4 Å². The highest BCUT2D eigenvalue weighted by Crippen LogP contribution is 2.35. The number of carbonyl (C=O) groups is 1. The lowest BCUT2D eigenvalue weighted by molar-refractivity contribution is -0.383. The van der Waals surface area contributed by atoms with Crippen LogP contribution in [0.15, 0.2) is 24.5 Å². The van der Waals surface area contributed by atoms with E-state index < -0.39 is 16.6 Å². The number of unbranched alkanes of at least 4 members (excludes halogenated alkanes) is 1. The van der Waals surface area contributed by atoms with Crippen molar-refractivity contribution in [2.24, 2.45) is 7.05 Å². The Morgan fingerprint density at radius 2 is 2.07 bits per heavy atom. The fourth-order valence-electron chi connectivity index (χ4n) is 2.97. The van der Waals surface area contributed by atoms with E-state index in [0.717, 1.165) is 19.3 Å². The van der Waals surface area contributed by atoms with Crippen molar-refractivity contribution in [2.45, 2.75) is 58.6 Å². The zero-order chi connectivity index (χ0) is 22.3. The Labute approximate surface area is 176 Å². The van der Waals surface area contributed by atoms with Gasteiger partial charge in [0.05, 0.1) is 4.92 Å². The van der Waals surface area contributed by atoms with Crippen LogP contribution in [0.5, 0.6) is 0 Å². The van der Waals surface area contributed by atoms with Crippen molar-refractivity contribution in [3.05, 3.63) is 34.6 Å². The summed E-state index contributed by atoms with van der Waals surface area (Å²) >= 11 is 0. The van der Waals surface area contributed by atoms with Gasteiger partial charge in [0.1, 0.15) is 17.6 Å². The number of nitrogens with one attached hydrogen (secondary N) is 2. The molecule has 2 N–H and O–H groups in total. The molecule has 30 heavy (non-hydrogen) atoms. The molecule has 2 aromatic rings. The topological polar surface area (TPSA) is 124 Å². The van der Waals surface area contributed by atoms with E-state index in [0.29, 0.717) is 23.6 Å². The Bertz CT molecular complexity index is 874. The van der Waals surface area contributed by atoms with Gasteiger partial charge in [0.2, 0.25) is 0 Å². The van der Waals surface area contributed by atoms with Crippen LogP contribution in [0.4, 0.5) is 16.2 Å². The predicted molar refractivity (Wildman–Crippen MR) is 114 cm³/mol. The normalized spacial score (nSPS) is 12.3. The fraction of sp³-hybridized carbons (Fsp3) is 0.550. The standard InChI is InChI=1S/C20H30N6O4/c1-14(9-6-7-12-21-19(27)30-20(2,3)4)24-17-15(18-22-13-23-25(18)5)10-8-11-16(17)26(28)29/h8,10-11,13-14,24H,6-7,9,12H2,1-5H3,(H,21,27). The molecule has 1 amide bonds. The molecule has 2 rings (SSSR count). The summed E-state index contributed by atoms with van der Waals surface area (Å²) in [5.41, 5.74) is 0.530. The van der Waals surface area contributed by atoms with Crippen molar-refractivity contribution in [1.82, 2.24) is 20.1 Å². The Balaban J connectivity index is 1.95. The number of alkyl carbamates (subject to hydrolysis) is 1. The van der Waals surface area contributed by atoms with Crippen molar-refractivity contribution in [2.75, 3.05) is 11.9 Å². The number of ether oxygens (including phenoxy) is 1. The molecule has 0 saturated carbocycles. The second-order valence-corrected chi connectivity index (χ2v) is 8.13. The minimum atomic E-state index is -0.520. The second-order valence-electron chi connectivity index (χ2n) is 8.13. The summed E-state index contributed by atoms with van der Waals surface area (Å²) in [6.07, 6.45) is 3.38. The van der Waals surface area contributed by atoms with Gasteiger partial charge in [0.15, 0.2) is 5.82 Å². The Morgan fingerprint density at radius 3 is 2.67 bits per heavy atom. The number of benzene rings is 1. The number of aryl methyl sites for hydroxylation is 1. The first kappa shape index (κ1) is 23.1. The minimum Gasteiger partial charge on any atom is -0.444 e. The van der Waals surface area contributed by atoms with Gasteiger partial charge in [-0.3, -0.25) is 10.1 Å². The van der Waals surface area contributed by atoms with E-state index in [-0.39, 0.29) is 11.7 Å². The van der Waals surface area contributed by atoms with Crippen LogP contribution in [0.2, 0.25) is 0 Å². The number of nitro benzene ring substituents is 1. The molecule has 1 atom stereocenters. The number of anilines is 1. The van der Waals surface area contributed by atoms with Gasteiger partial charge in [0, 0.05) is 31.3 Å². The molecule has 0 aliphatic carbocycles. The third-order valence-corrected chi connectivity index (χ3v) is 4.31. The molecule has 0 aliphatic heterocycles. The van der Waals surface area contributed by atoms with E-state index in [9.17, 15) is 14.9 Å². The fourth-order valence-corrected chi connectivity index (χ4v) is 2.97. The zero-order valence-electron chi connectivity index (χ0n) is 18.1. The maximum atomic E-state index is 11.7. The number of nitro groups is 1. The summed E-state index contributed by atoms with van der Waals surface area (Å²) in [6, 6.07) is 4.89. The molecule has 10 heteroatoms. The maximum Gasteiger partial charge on any atom is 0.407 e. The quantitative estimate of drug-likeness (QED) is 0.360. The lowest BCUT2D eigenvalue weighted by Gasteiger charge is -2.20. The molecule has 10 nitrogen and oxygen atoms in total. The summed E-state index contributed by atoms with van der Waals surface area (Å²) in [5, 5.41) is 21.6. The van der Waals surface area contributed by atoms with Gasteiger partial charge in [0.25, 0.3) is 5.69 Å². The third-order valence-electron chi connectivity index (χ3n) is 4.31. The van der Waals surface area contributed by atoms with Crippen molar-refractivity contribution in [3.63, 3.8) is 0 Å². The molecular weight excluding hydrogens is 388 g/mol. The highest BCUT2D eigenvalue weighted by molar-refractivity contribution is 5.81. The first-order valence-electron chi connectivity index (χ1n) is 9.93. The van der Waals surface area contributed by atoms with Gasteiger partial charge < -0.3 is 15.4 Å². The van der Waals surface area contributed by atoms with Gasteiger partial charge in [-0.25, -0.2) is 14.5 Å². The van der Waals surface area contributed by atoms with Gasteiger partial charge in [-0.2, -0.15) is 5.10 Å².